The quantitative estimate of drug-likeness (QED) is 0.506. The Balaban J connectivity index is 1.83. The predicted octanol–water partition coefficient (Wildman–Crippen LogP) is 0.708. The van der Waals surface area contributed by atoms with Crippen LogP contribution in [0.5, 0.6) is 0 Å². The van der Waals surface area contributed by atoms with E-state index in [0.29, 0.717) is 31.9 Å². The van der Waals surface area contributed by atoms with Crippen LogP contribution in [0.4, 0.5) is 16.7 Å². The Morgan fingerprint density at radius 3 is 2.31 bits per heavy atom. The molecular weight excluding hydrogens is 515 g/mol. The highest BCUT2D eigenvalue weighted by Gasteiger charge is 2.34. The zero-order valence-corrected chi connectivity index (χ0v) is 19.6. The lowest BCUT2D eigenvalue weighted by Gasteiger charge is -2.35. The van der Waals surface area contributed by atoms with Gasteiger partial charge in [-0.2, -0.15) is 9.97 Å². The van der Waals surface area contributed by atoms with Crippen LogP contribution >= 0.6 is 22.6 Å². The van der Waals surface area contributed by atoms with Crippen LogP contribution < -0.4 is 14.9 Å². The molecule has 0 aliphatic carbocycles. The minimum Gasteiger partial charge on any atom is -0.444 e. The van der Waals surface area contributed by atoms with Gasteiger partial charge in [-0.1, -0.05) is 22.6 Å². The van der Waals surface area contributed by atoms with Gasteiger partial charge in [-0.25, -0.2) is 26.9 Å². The molecule has 160 valence electrons. The van der Waals surface area contributed by atoms with Gasteiger partial charge >= 0.3 is 11.8 Å². The van der Waals surface area contributed by atoms with Gasteiger partial charge < -0.3 is 14.5 Å². The third-order valence-corrected chi connectivity index (χ3v) is 6.16. The standard InChI is InChI=1S/C16H23IN6O5S/c1-16(2,3)28-15(25)21-7-5-20(6-8-21)12-18-13-22(29(4,26)27)10-11(9-17)23(13)14(24)19-12/h9H,5-8,10H2,1-4H3/b11-9+. The maximum atomic E-state index is 12.6. The van der Waals surface area contributed by atoms with Gasteiger partial charge in [0.1, 0.15) is 5.60 Å². The third-order valence-electron chi connectivity index (χ3n) is 4.34. The van der Waals surface area contributed by atoms with Gasteiger partial charge in [0.15, 0.2) is 0 Å². The van der Waals surface area contributed by atoms with E-state index in [4.69, 9.17) is 4.74 Å². The van der Waals surface area contributed by atoms with Crippen LogP contribution in [0.1, 0.15) is 20.8 Å². The van der Waals surface area contributed by atoms with E-state index in [2.05, 4.69) is 9.97 Å². The maximum absolute atomic E-state index is 12.6. The number of sulfonamides is 1. The summed E-state index contributed by atoms with van der Waals surface area (Å²) in [5.41, 5.74) is -0.670. The van der Waals surface area contributed by atoms with Crippen molar-refractivity contribution < 1.29 is 17.9 Å². The first-order chi connectivity index (χ1) is 13.4. The molecule has 0 aromatic carbocycles. The Bertz CT molecular complexity index is 1010. The van der Waals surface area contributed by atoms with Crippen LogP contribution in [0.3, 0.4) is 0 Å². The van der Waals surface area contributed by atoms with Crippen molar-refractivity contribution in [2.45, 2.75) is 26.4 Å². The number of rotatable bonds is 2. The third kappa shape index (κ3) is 4.65. The van der Waals surface area contributed by atoms with E-state index in [-0.39, 0.29) is 18.4 Å². The van der Waals surface area contributed by atoms with E-state index in [0.717, 1.165) is 10.6 Å². The molecule has 1 aromatic rings. The lowest BCUT2D eigenvalue weighted by Crippen LogP contribution is -2.51. The second-order valence-electron chi connectivity index (χ2n) is 7.77. The Morgan fingerprint density at radius 1 is 1.17 bits per heavy atom. The van der Waals surface area contributed by atoms with Gasteiger partial charge in [-0.05, 0) is 24.9 Å². The molecule has 11 nitrogen and oxygen atoms in total. The van der Waals surface area contributed by atoms with Gasteiger partial charge in [0.25, 0.3) is 0 Å². The van der Waals surface area contributed by atoms with Crippen LogP contribution in [0.15, 0.2) is 8.88 Å². The minimum absolute atomic E-state index is 0.0278. The fourth-order valence-corrected chi connectivity index (χ4v) is 4.26. The average molecular weight is 538 g/mol. The molecule has 3 heterocycles. The van der Waals surface area contributed by atoms with E-state index in [9.17, 15) is 18.0 Å². The van der Waals surface area contributed by atoms with E-state index < -0.39 is 27.4 Å². The zero-order chi connectivity index (χ0) is 21.6. The Morgan fingerprint density at radius 2 is 1.79 bits per heavy atom. The molecule has 0 atom stereocenters. The molecule has 3 rings (SSSR count). The topological polar surface area (TPSA) is 118 Å². The number of aromatic nitrogens is 3. The zero-order valence-electron chi connectivity index (χ0n) is 16.6. The van der Waals surface area contributed by atoms with Crippen molar-refractivity contribution >= 4 is 56.3 Å². The summed E-state index contributed by atoms with van der Waals surface area (Å²) in [6.45, 7) is 7.00. The number of halogens is 1. The molecule has 0 bridgehead atoms. The van der Waals surface area contributed by atoms with Crippen molar-refractivity contribution in [2.24, 2.45) is 0 Å². The van der Waals surface area contributed by atoms with Gasteiger partial charge in [-0.3, -0.25) is 0 Å². The number of nitrogens with zero attached hydrogens (tertiary/aromatic N) is 6. The fourth-order valence-electron chi connectivity index (χ4n) is 3.00. The molecule has 2 aliphatic rings. The van der Waals surface area contributed by atoms with Gasteiger partial charge in [0.2, 0.25) is 21.9 Å². The summed E-state index contributed by atoms with van der Waals surface area (Å²) in [6, 6.07) is 0. The largest absolute Gasteiger partial charge is 0.444 e. The highest BCUT2D eigenvalue weighted by atomic mass is 127. The lowest BCUT2D eigenvalue weighted by atomic mass is 10.2. The maximum Gasteiger partial charge on any atom is 0.410 e. The van der Waals surface area contributed by atoms with Crippen LogP contribution in [-0.2, 0) is 14.8 Å². The second-order valence-corrected chi connectivity index (χ2v) is 10.3. The normalized spacial score (nSPS) is 18.9. The number of piperazine rings is 1. The molecule has 0 spiro atoms. The number of hydrogen-bond acceptors (Lipinski definition) is 8. The summed E-state index contributed by atoms with van der Waals surface area (Å²) in [4.78, 5) is 36.5. The highest BCUT2D eigenvalue weighted by Crippen LogP contribution is 2.28. The fraction of sp³-hybridized carbons (Fsp3) is 0.625. The number of anilines is 2. The molecule has 0 radical (unpaired) electrons. The molecule has 1 aromatic heterocycles. The number of ether oxygens (including phenoxy) is 1. The molecule has 29 heavy (non-hydrogen) atoms. The number of carbonyl (C=O) groups is 1. The monoisotopic (exact) mass is 538 g/mol. The second kappa shape index (κ2) is 7.74. The van der Waals surface area contributed by atoms with Crippen molar-refractivity contribution in [3.8, 4) is 0 Å². The van der Waals surface area contributed by atoms with Crippen LogP contribution in [0, 0.1) is 0 Å². The van der Waals surface area contributed by atoms with Crippen molar-refractivity contribution in [3.63, 3.8) is 0 Å². The Labute approximate surface area is 182 Å². The van der Waals surface area contributed by atoms with Gasteiger partial charge in [0, 0.05) is 26.2 Å². The predicted molar refractivity (Wildman–Crippen MR) is 117 cm³/mol. The average Bonchev–Trinajstić information content (AvgIpc) is 3.00. The number of carbonyl (C=O) groups excluding carboxylic acids is 1. The molecule has 13 heteroatoms. The number of amides is 1. The molecule has 0 unspecified atom stereocenters. The summed E-state index contributed by atoms with van der Waals surface area (Å²) < 4.78 is 33.6. The first kappa shape index (κ1) is 21.8. The first-order valence-corrected chi connectivity index (χ1v) is 12.0. The Hall–Kier alpha value is -1.90. The summed E-state index contributed by atoms with van der Waals surface area (Å²) >= 11 is 1.95. The molecule has 1 saturated heterocycles. The van der Waals surface area contributed by atoms with Crippen LogP contribution in [-0.4, -0.2) is 78.5 Å². The first-order valence-electron chi connectivity index (χ1n) is 8.92. The van der Waals surface area contributed by atoms with Crippen molar-refractivity contribution in [3.05, 3.63) is 14.6 Å². The molecule has 0 saturated carbocycles. The highest BCUT2D eigenvalue weighted by molar-refractivity contribution is 14.1. The van der Waals surface area contributed by atoms with E-state index >= 15 is 0 Å². The molecule has 2 aliphatic heterocycles. The summed E-state index contributed by atoms with van der Waals surface area (Å²) in [5, 5.41) is 0. The van der Waals surface area contributed by atoms with Gasteiger partial charge in [0.05, 0.1) is 18.5 Å². The SMILES string of the molecule is CC(C)(C)OC(=O)N1CCN(c2nc3n(c(=O)n2)/C(=C/I)CN3S(C)(=O)=O)CC1. The van der Waals surface area contributed by atoms with Crippen molar-refractivity contribution in [2.75, 3.05) is 48.2 Å². The molecule has 1 fully saturated rings. The summed E-state index contributed by atoms with van der Waals surface area (Å²) in [6.07, 6.45) is 0.673. The van der Waals surface area contributed by atoms with Crippen LogP contribution in [0.2, 0.25) is 0 Å². The molecule has 1 amide bonds. The molecule has 0 N–H and O–H groups in total. The minimum atomic E-state index is -3.61. The smallest absolute Gasteiger partial charge is 0.410 e. The molecular formula is C16H23IN6O5S. The lowest BCUT2D eigenvalue weighted by molar-refractivity contribution is 0.0240. The van der Waals surface area contributed by atoms with E-state index in [1.807, 2.05) is 22.6 Å². The van der Waals surface area contributed by atoms with E-state index in [1.54, 1.807) is 34.7 Å². The van der Waals surface area contributed by atoms with Gasteiger partial charge in [-0.15, -0.1) is 0 Å². The van der Waals surface area contributed by atoms with Crippen molar-refractivity contribution in [1.82, 2.24) is 19.4 Å². The summed E-state index contributed by atoms with van der Waals surface area (Å²) in [7, 11) is -3.61. The van der Waals surface area contributed by atoms with E-state index in [1.165, 1.54) is 4.57 Å². The van der Waals surface area contributed by atoms with Crippen LogP contribution in [0.25, 0.3) is 5.70 Å². The number of hydrogen-bond donors (Lipinski definition) is 0. The van der Waals surface area contributed by atoms with Crippen molar-refractivity contribution in [1.29, 1.82) is 0 Å². The Kier molecular flexibility index (Phi) is 5.82. The number of fused-ring (bicyclic) bond motifs is 1. The summed E-state index contributed by atoms with van der Waals surface area (Å²) in [5.74, 6) is 0.174.